The van der Waals surface area contributed by atoms with Gasteiger partial charge in [-0.15, -0.1) is 0 Å². The first-order chi connectivity index (χ1) is 9.58. The maximum atomic E-state index is 12.4. The summed E-state index contributed by atoms with van der Waals surface area (Å²) in [5.74, 6) is 0.941. The Bertz CT molecular complexity index is 605. The van der Waals surface area contributed by atoms with Crippen LogP contribution in [0.4, 0.5) is 0 Å². The van der Waals surface area contributed by atoms with Gasteiger partial charge in [0.25, 0.3) is 5.56 Å². The fourth-order valence-electron chi connectivity index (χ4n) is 2.82. The molecule has 2 aliphatic rings. The fourth-order valence-corrected chi connectivity index (χ4v) is 4.00. The van der Waals surface area contributed by atoms with Crippen LogP contribution in [0.25, 0.3) is 0 Å². The Kier molecular flexibility index (Phi) is 3.58. The molecule has 0 N–H and O–H groups in total. The number of likely N-dealkylation sites (tertiary alicyclic amines) is 1. The van der Waals surface area contributed by atoms with E-state index in [1.165, 1.54) is 0 Å². The number of hydrogen-bond donors (Lipinski definition) is 0. The Hall–Kier alpha value is -1.30. The molecule has 5 nitrogen and oxygen atoms in total. The maximum Gasteiger partial charge on any atom is 0.257 e. The minimum absolute atomic E-state index is 0.0109. The first kappa shape index (κ1) is 13.7. The standard InChI is InChI=1S/C14H19N3O2S/c1-9-10(2)15-14-17(13(9)19)11(8-20-14)7-12(18)16-5-3-4-6-16/h11H,3-8H2,1-2H3. The molecule has 0 radical (unpaired) electrons. The molecule has 1 amide bonds. The average molecular weight is 293 g/mol. The highest BCUT2D eigenvalue weighted by molar-refractivity contribution is 7.99. The summed E-state index contributed by atoms with van der Waals surface area (Å²) >= 11 is 1.58. The van der Waals surface area contributed by atoms with Crippen LogP contribution in [0.2, 0.25) is 0 Å². The molecular formula is C14H19N3O2S. The third-order valence-electron chi connectivity index (χ3n) is 4.19. The predicted octanol–water partition coefficient (Wildman–Crippen LogP) is 1.52. The second-order valence-electron chi connectivity index (χ2n) is 5.54. The highest BCUT2D eigenvalue weighted by Gasteiger charge is 2.30. The number of carbonyl (C=O) groups is 1. The zero-order chi connectivity index (χ0) is 14.3. The Labute approximate surface area is 122 Å². The van der Waals surface area contributed by atoms with Crippen molar-refractivity contribution in [2.45, 2.75) is 44.3 Å². The number of amides is 1. The Morgan fingerprint density at radius 3 is 2.75 bits per heavy atom. The Morgan fingerprint density at radius 1 is 1.35 bits per heavy atom. The molecule has 0 saturated carbocycles. The molecule has 3 rings (SSSR count). The van der Waals surface area contributed by atoms with Gasteiger partial charge in [-0.1, -0.05) is 11.8 Å². The summed E-state index contributed by atoms with van der Waals surface area (Å²) in [6.07, 6.45) is 2.62. The van der Waals surface area contributed by atoms with Crippen LogP contribution >= 0.6 is 11.8 Å². The number of aromatic nitrogens is 2. The average Bonchev–Trinajstić information content (AvgIpc) is 3.06. The van der Waals surface area contributed by atoms with E-state index in [4.69, 9.17) is 0 Å². The second-order valence-corrected chi connectivity index (χ2v) is 6.52. The molecule has 1 saturated heterocycles. The van der Waals surface area contributed by atoms with E-state index in [1.54, 1.807) is 23.3 Å². The number of thioether (sulfide) groups is 1. The molecule has 20 heavy (non-hydrogen) atoms. The second kappa shape index (κ2) is 5.24. The first-order valence-electron chi connectivity index (χ1n) is 7.08. The third-order valence-corrected chi connectivity index (χ3v) is 5.29. The quantitative estimate of drug-likeness (QED) is 0.776. The van der Waals surface area contributed by atoms with Gasteiger partial charge < -0.3 is 4.90 Å². The van der Waals surface area contributed by atoms with E-state index in [1.807, 2.05) is 11.8 Å². The first-order valence-corrected chi connectivity index (χ1v) is 8.07. The molecule has 3 heterocycles. The van der Waals surface area contributed by atoms with Gasteiger partial charge in [0.05, 0.1) is 6.04 Å². The van der Waals surface area contributed by atoms with Crippen molar-refractivity contribution in [2.75, 3.05) is 18.8 Å². The minimum atomic E-state index is -0.0394. The van der Waals surface area contributed by atoms with Crippen molar-refractivity contribution in [3.05, 3.63) is 21.6 Å². The number of nitrogens with zero attached hydrogens (tertiary/aromatic N) is 3. The molecule has 0 spiro atoms. The summed E-state index contributed by atoms with van der Waals surface area (Å²) < 4.78 is 1.72. The molecule has 0 aliphatic carbocycles. The lowest BCUT2D eigenvalue weighted by Gasteiger charge is -2.19. The molecule has 1 atom stereocenters. The molecular weight excluding hydrogens is 274 g/mol. The number of hydrogen-bond acceptors (Lipinski definition) is 4. The number of fused-ring (bicyclic) bond motifs is 1. The molecule has 0 bridgehead atoms. The largest absolute Gasteiger partial charge is 0.343 e. The van der Waals surface area contributed by atoms with Crippen LogP contribution in [0.1, 0.15) is 36.6 Å². The summed E-state index contributed by atoms with van der Waals surface area (Å²) in [6.45, 7) is 5.40. The number of rotatable bonds is 2. The van der Waals surface area contributed by atoms with Crippen LogP contribution < -0.4 is 5.56 Å². The fraction of sp³-hybridized carbons (Fsp3) is 0.643. The monoisotopic (exact) mass is 293 g/mol. The van der Waals surface area contributed by atoms with Crippen LogP contribution in [0.3, 0.4) is 0 Å². The van der Waals surface area contributed by atoms with Gasteiger partial charge in [0.1, 0.15) is 0 Å². The van der Waals surface area contributed by atoms with Crippen molar-refractivity contribution < 1.29 is 4.79 Å². The van der Waals surface area contributed by atoms with E-state index in [0.717, 1.165) is 42.5 Å². The summed E-state index contributed by atoms with van der Waals surface area (Å²) in [4.78, 5) is 31.0. The predicted molar refractivity (Wildman–Crippen MR) is 78.2 cm³/mol. The van der Waals surface area contributed by atoms with Crippen molar-refractivity contribution in [3.8, 4) is 0 Å². The molecule has 1 aromatic heterocycles. The van der Waals surface area contributed by atoms with E-state index < -0.39 is 0 Å². The van der Waals surface area contributed by atoms with Gasteiger partial charge in [-0.2, -0.15) is 0 Å². The topological polar surface area (TPSA) is 55.2 Å². The van der Waals surface area contributed by atoms with Gasteiger partial charge in [-0.05, 0) is 26.7 Å². The van der Waals surface area contributed by atoms with Crippen LogP contribution in [-0.4, -0.2) is 39.2 Å². The lowest BCUT2D eigenvalue weighted by atomic mass is 10.2. The molecule has 2 aliphatic heterocycles. The van der Waals surface area contributed by atoms with Crippen molar-refractivity contribution >= 4 is 17.7 Å². The van der Waals surface area contributed by atoms with Crippen LogP contribution in [0.15, 0.2) is 9.95 Å². The van der Waals surface area contributed by atoms with Crippen LogP contribution in [0, 0.1) is 13.8 Å². The van der Waals surface area contributed by atoms with Gasteiger partial charge in [0.2, 0.25) is 5.91 Å². The lowest BCUT2D eigenvalue weighted by Crippen LogP contribution is -2.33. The lowest BCUT2D eigenvalue weighted by molar-refractivity contribution is -0.130. The van der Waals surface area contributed by atoms with Crippen molar-refractivity contribution in [1.29, 1.82) is 0 Å². The van der Waals surface area contributed by atoms with Crippen molar-refractivity contribution in [3.63, 3.8) is 0 Å². The zero-order valence-corrected chi connectivity index (χ0v) is 12.7. The van der Waals surface area contributed by atoms with Crippen molar-refractivity contribution in [1.82, 2.24) is 14.5 Å². The van der Waals surface area contributed by atoms with Gasteiger partial charge in [-0.25, -0.2) is 4.98 Å². The van der Waals surface area contributed by atoms with Crippen LogP contribution in [0.5, 0.6) is 0 Å². The number of aryl methyl sites for hydroxylation is 1. The smallest absolute Gasteiger partial charge is 0.257 e. The highest BCUT2D eigenvalue weighted by Crippen LogP contribution is 2.33. The summed E-state index contributed by atoms with van der Waals surface area (Å²) in [5.41, 5.74) is 1.49. The van der Waals surface area contributed by atoms with Gasteiger partial charge in [-0.3, -0.25) is 14.2 Å². The molecule has 1 fully saturated rings. The number of carbonyl (C=O) groups excluding carboxylic acids is 1. The van der Waals surface area contributed by atoms with Gasteiger partial charge >= 0.3 is 0 Å². The van der Waals surface area contributed by atoms with Gasteiger partial charge in [0, 0.05) is 36.5 Å². The molecule has 6 heteroatoms. The van der Waals surface area contributed by atoms with E-state index >= 15 is 0 Å². The van der Waals surface area contributed by atoms with Crippen molar-refractivity contribution in [2.24, 2.45) is 0 Å². The minimum Gasteiger partial charge on any atom is -0.343 e. The van der Waals surface area contributed by atoms with E-state index in [9.17, 15) is 9.59 Å². The molecule has 1 unspecified atom stereocenters. The summed E-state index contributed by atoms with van der Waals surface area (Å²) in [6, 6.07) is -0.0394. The van der Waals surface area contributed by atoms with Gasteiger partial charge in [0.15, 0.2) is 5.16 Å². The SMILES string of the molecule is Cc1nc2n(c(=O)c1C)C(CC(=O)N1CCCC1)CS2. The maximum absolute atomic E-state index is 12.4. The summed E-state index contributed by atoms with van der Waals surface area (Å²) in [5, 5.41) is 0.761. The van der Waals surface area contributed by atoms with Crippen LogP contribution in [-0.2, 0) is 4.79 Å². The zero-order valence-electron chi connectivity index (χ0n) is 11.9. The molecule has 1 aromatic rings. The van der Waals surface area contributed by atoms with E-state index in [2.05, 4.69) is 4.98 Å². The summed E-state index contributed by atoms with van der Waals surface area (Å²) in [7, 11) is 0. The highest BCUT2D eigenvalue weighted by atomic mass is 32.2. The Morgan fingerprint density at radius 2 is 2.05 bits per heavy atom. The normalized spacial score (nSPS) is 21.3. The Balaban J connectivity index is 1.84. The molecule has 108 valence electrons. The van der Waals surface area contributed by atoms with E-state index in [0.29, 0.717) is 12.0 Å². The van der Waals surface area contributed by atoms with E-state index in [-0.39, 0.29) is 17.5 Å². The molecule has 0 aromatic carbocycles. The third kappa shape index (κ3) is 2.26.